The third-order valence-corrected chi connectivity index (χ3v) is 5.96. The van der Waals surface area contributed by atoms with E-state index < -0.39 is 18.2 Å². The molecule has 0 bridgehead atoms. The smallest absolute Gasteiger partial charge is 0.393 e. The Balaban J connectivity index is 1.80. The first-order valence-corrected chi connectivity index (χ1v) is 11.8. The van der Waals surface area contributed by atoms with Crippen molar-refractivity contribution in [2.24, 2.45) is 0 Å². The highest BCUT2D eigenvalue weighted by Gasteiger charge is 2.27. The average molecular weight is 449 g/mol. The van der Waals surface area contributed by atoms with Crippen LogP contribution in [0.15, 0.2) is 38.4 Å². The van der Waals surface area contributed by atoms with E-state index >= 15 is 0 Å². The first-order chi connectivity index (χ1) is 13.9. The molecule has 0 spiro atoms. The maximum atomic E-state index is 12.7. The van der Waals surface area contributed by atoms with Gasteiger partial charge < -0.3 is 8.60 Å². The van der Waals surface area contributed by atoms with Crippen LogP contribution in [0.3, 0.4) is 0 Å². The maximum Gasteiger partial charge on any atom is 0.393 e. The van der Waals surface area contributed by atoms with Crippen molar-refractivity contribution in [1.29, 1.82) is 0 Å². The van der Waals surface area contributed by atoms with Gasteiger partial charge in [0, 0.05) is 22.1 Å². The van der Waals surface area contributed by atoms with Gasteiger partial charge in [-0.15, -0.1) is 11.8 Å². The number of rotatable bonds is 13. The van der Waals surface area contributed by atoms with Gasteiger partial charge in [-0.2, -0.15) is 13.2 Å². The van der Waals surface area contributed by atoms with Gasteiger partial charge >= 0.3 is 11.8 Å². The minimum Gasteiger partial charge on any atom is -0.423 e. The molecule has 1 aromatic heterocycles. The zero-order valence-electron chi connectivity index (χ0n) is 16.6. The lowest BCUT2D eigenvalue weighted by atomic mass is 10.1. The Labute approximate surface area is 178 Å². The summed E-state index contributed by atoms with van der Waals surface area (Å²) in [5, 5.41) is 0.571. The minimum atomic E-state index is -4.27. The molecule has 0 saturated heterocycles. The van der Waals surface area contributed by atoms with E-state index in [0.29, 0.717) is 15.9 Å². The zero-order valence-corrected chi connectivity index (χ0v) is 18.2. The lowest BCUT2D eigenvalue weighted by Gasteiger charge is -2.09. The maximum absolute atomic E-state index is 12.7. The number of hydrogen-bond donors (Lipinski definition) is 0. The number of halogens is 3. The highest BCUT2D eigenvalue weighted by Crippen LogP contribution is 2.30. The summed E-state index contributed by atoms with van der Waals surface area (Å²) < 4.78 is 48.5. The lowest BCUT2D eigenvalue weighted by molar-refractivity contribution is -0.127. The van der Waals surface area contributed by atoms with Gasteiger partial charge in [-0.3, -0.25) is 0 Å². The molecule has 8 heteroatoms. The van der Waals surface area contributed by atoms with E-state index in [4.69, 9.17) is 8.60 Å². The van der Waals surface area contributed by atoms with E-state index in [1.807, 2.05) is 0 Å². The summed E-state index contributed by atoms with van der Waals surface area (Å²) >= 11 is 3.00. The molecule has 2 aromatic rings. The number of hydrogen-bond acceptors (Lipinski definition) is 5. The number of fused-ring (bicyclic) bond motifs is 1. The number of unbranched alkanes of at least 4 members (excludes halogenated alkanes) is 5. The van der Waals surface area contributed by atoms with Crippen molar-refractivity contribution in [1.82, 2.24) is 0 Å². The van der Waals surface area contributed by atoms with Crippen LogP contribution < -0.4 is 5.63 Å². The number of thioether (sulfide) groups is 1. The quantitative estimate of drug-likeness (QED) is 0.143. The summed E-state index contributed by atoms with van der Waals surface area (Å²) in [6.07, 6.45) is 1.38. The SMILES string of the molecule is CCSOCCCCCCCCSc1cc(=O)oc2ccc(CC(F)(F)F)cc12. The van der Waals surface area contributed by atoms with Crippen LogP contribution in [0.4, 0.5) is 13.2 Å². The van der Waals surface area contributed by atoms with Crippen LogP contribution in [0.25, 0.3) is 11.0 Å². The molecule has 3 nitrogen and oxygen atoms in total. The molecule has 0 fully saturated rings. The van der Waals surface area contributed by atoms with Crippen LogP contribution in [-0.2, 0) is 10.6 Å². The van der Waals surface area contributed by atoms with E-state index in [1.54, 1.807) is 0 Å². The van der Waals surface area contributed by atoms with E-state index in [2.05, 4.69) is 6.92 Å². The summed E-state index contributed by atoms with van der Waals surface area (Å²) in [5.41, 5.74) is 0.0171. The number of alkyl halides is 3. The third kappa shape index (κ3) is 9.49. The molecule has 2 rings (SSSR count). The molecular weight excluding hydrogens is 421 g/mol. The van der Waals surface area contributed by atoms with Gasteiger partial charge in [0.15, 0.2) is 0 Å². The average Bonchev–Trinajstić information content (AvgIpc) is 2.65. The van der Waals surface area contributed by atoms with Crippen molar-refractivity contribution < 1.29 is 21.8 Å². The van der Waals surface area contributed by atoms with E-state index in [-0.39, 0.29) is 5.56 Å². The van der Waals surface area contributed by atoms with Gasteiger partial charge in [0.05, 0.1) is 13.0 Å². The second-order valence-corrected chi connectivity index (χ2v) is 8.94. The topological polar surface area (TPSA) is 39.4 Å². The third-order valence-electron chi connectivity index (χ3n) is 4.25. The van der Waals surface area contributed by atoms with Gasteiger partial charge in [0.25, 0.3) is 0 Å². The van der Waals surface area contributed by atoms with Crippen LogP contribution in [0.1, 0.15) is 51.0 Å². The van der Waals surface area contributed by atoms with E-state index in [1.165, 1.54) is 54.5 Å². The Morgan fingerprint density at radius 2 is 1.76 bits per heavy atom. The van der Waals surface area contributed by atoms with Crippen LogP contribution >= 0.6 is 23.8 Å². The highest BCUT2D eigenvalue weighted by atomic mass is 32.2. The Hall–Kier alpha value is -1.12. The number of benzene rings is 1. The van der Waals surface area contributed by atoms with E-state index in [0.717, 1.165) is 50.2 Å². The highest BCUT2D eigenvalue weighted by molar-refractivity contribution is 7.99. The molecule has 0 aliphatic rings. The van der Waals surface area contributed by atoms with Crippen LogP contribution in [0.5, 0.6) is 0 Å². The van der Waals surface area contributed by atoms with Crippen LogP contribution in [0.2, 0.25) is 0 Å². The molecule has 0 amide bonds. The molecule has 0 aliphatic heterocycles. The molecular formula is C21H27F3O3S2. The molecule has 0 aliphatic carbocycles. The molecule has 1 aromatic carbocycles. The Morgan fingerprint density at radius 3 is 2.48 bits per heavy atom. The predicted molar refractivity (Wildman–Crippen MR) is 115 cm³/mol. The Bertz CT molecular complexity index is 806. The van der Waals surface area contributed by atoms with Crippen molar-refractivity contribution in [3.05, 3.63) is 40.2 Å². The van der Waals surface area contributed by atoms with Crippen molar-refractivity contribution >= 4 is 34.8 Å². The van der Waals surface area contributed by atoms with Gasteiger partial charge in [0.2, 0.25) is 0 Å². The zero-order chi connectivity index (χ0) is 21.1. The first kappa shape index (κ1) is 24.2. The fourth-order valence-corrected chi connectivity index (χ4v) is 4.40. The van der Waals surface area contributed by atoms with Crippen molar-refractivity contribution in [2.75, 3.05) is 18.1 Å². The molecule has 1 heterocycles. The molecule has 0 N–H and O–H groups in total. The fourth-order valence-electron chi connectivity index (χ4n) is 2.94. The summed E-state index contributed by atoms with van der Waals surface area (Å²) in [5.74, 6) is 1.79. The van der Waals surface area contributed by atoms with E-state index in [9.17, 15) is 18.0 Å². The lowest BCUT2D eigenvalue weighted by Crippen LogP contribution is -2.11. The van der Waals surface area contributed by atoms with Crippen LogP contribution in [0, 0.1) is 0 Å². The molecule has 29 heavy (non-hydrogen) atoms. The normalized spacial score (nSPS) is 12.0. The van der Waals surface area contributed by atoms with Gasteiger partial charge in [0.1, 0.15) is 5.58 Å². The summed E-state index contributed by atoms with van der Waals surface area (Å²) in [4.78, 5) is 12.4. The molecule has 0 atom stereocenters. The molecule has 0 radical (unpaired) electrons. The molecule has 0 unspecified atom stereocenters. The summed E-state index contributed by atoms with van der Waals surface area (Å²) in [6.45, 7) is 2.86. The van der Waals surface area contributed by atoms with Gasteiger partial charge in [-0.25, -0.2) is 4.79 Å². The first-order valence-electron chi connectivity index (χ1n) is 9.90. The second-order valence-electron chi connectivity index (χ2n) is 6.75. The van der Waals surface area contributed by atoms with Crippen molar-refractivity contribution in [2.45, 2.75) is 62.9 Å². The molecule has 0 saturated carbocycles. The Morgan fingerprint density at radius 1 is 1.03 bits per heavy atom. The summed E-state index contributed by atoms with van der Waals surface area (Å²) in [7, 11) is 0. The minimum absolute atomic E-state index is 0.169. The van der Waals surface area contributed by atoms with Crippen LogP contribution in [-0.4, -0.2) is 24.3 Å². The van der Waals surface area contributed by atoms with Crippen molar-refractivity contribution in [3.63, 3.8) is 0 Å². The fraction of sp³-hybridized carbons (Fsp3) is 0.571. The predicted octanol–water partition coefficient (Wildman–Crippen LogP) is 7.02. The van der Waals surface area contributed by atoms with Crippen molar-refractivity contribution in [3.8, 4) is 0 Å². The monoisotopic (exact) mass is 448 g/mol. The largest absolute Gasteiger partial charge is 0.423 e. The summed E-state index contributed by atoms with van der Waals surface area (Å²) in [6, 6.07) is 5.66. The standard InChI is InChI=1S/C21H27F3O3S2/c1-2-29-26-11-7-5-3-4-6-8-12-28-19-14-20(25)27-18-10-9-16(13-17(18)19)15-21(22,23)24/h9-10,13-14H,2-8,11-12,15H2,1H3. The molecule has 162 valence electrons. The Kier molecular flexibility index (Phi) is 10.4. The second kappa shape index (κ2) is 12.5. The van der Waals surface area contributed by atoms with Gasteiger partial charge in [-0.05, 0) is 48.3 Å². The van der Waals surface area contributed by atoms with Gasteiger partial charge in [-0.1, -0.05) is 38.7 Å².